The number of nitrogens with one attached hydrogen (secondary N) is 3. The highest BCUT2D eigenvalue weighted by Gasteiger charge is 2.50. The van der Waals surface area contributed by atoms with E-state index in [0.29, 0.717) is 18.8 Å². The van der Waals surface area contributed by atoms with Crippen molar-refractivity contribution in [2.45, 2.75) is 64.8 Å². The quantitative estimate of drug-likeness (QED) is 0.378. The van der Waals surface area contributed by atoms with E-state index in [9.17, 15) is 19.2 Å². The summed E-state index contributed by atoms with van der Waals surface area (Å²) in [4.78, 5) is 50.3. The first kappa shape index (κ1) is 25.5. The molecule has 11 nitrogen and oxygen atoms in total. The highest BCUT2D eigenvalue weighted by atomic mass is 16.6. The number of ether oxygens (including phenoxy) is 2. The Kier molecular flexibility index (Phi) is 8.51. The van der Waals surface area contributed by atoms with Crippen molar-refractivity contribution in [2.75, 3.05) is 20.3 Å². The molecule has 0 aromatic carbocycles. The van der Waals surface area contributed by atoms with Gasteiger partial charge in [0.25, 0.3) is 5.91 Å². The molecule has 0 bridgehead atoms. The first-order valence-electron chi connectivity index (χ1n) is 10.5. The molecule has 11 heteroatoms. The average molecular weight is 453 g/mol. The molecule has 1 aromatic heterocycles. The van der Waals surface area contributed by atoms with E-state index in [1.54, 1.807) is 13.8 Å². The molecular formula is C21H32N4O7. The molecule has 1 fully saturated rings. The molecule has 0 aliphatic carbocycles. The van der Waals surface area contributed by atoms with Gasteiger partial charge >= 0.3 is 0 Å². The first-order valence-corrected chi connectivity index (χ1v) is 10.5. The maximum absolute atomic E-state index is 12.7. The van der Waals surface area contributed by atoms with Gasteiger partial charge in [0.15, 0.2) is 11.5 Å². The van der Waals surface area contributed by atoms with Crippen molar-refractivity contribution >= 4 is 23.5 Å². The Labute approximate surface area is 186 Å². The second-order valence-corrected chi connectivity index (χ2v) is 8.61. The molecule has 4 unspecified atom stereocenters. The van der Waals surface area contributed by atoms with Gasteiger partial charge in [-0.2, -0.15) is 0 Å². The van der Waals surface area contributed by atoms with Crippen LogP contribution < -0.4 is 16.0 Å². The number of ketones is 1. The van der Waals surface area contributed by atoms with E-state index in [-0.39, 0.29) is 24.0 Å². The summed E-state index contributed by atoms with van der Waals surface area (Å²) in [6, 6.07) is -1.31. The molecule has 3 N–H and O–H groups in total. The number of carbonyl (C=O) groups excluding carboxylic acids is 4. The lowest BCUT2D eigenvalue weighted by molar-refractivity contribution is -0.133. The third-order valence-corrected chi connectivity index (χ3v) is 5.01. The molecule has 1 aromatic rings. The molecule has 1 saturated heterocycles. The van der Waals surface area contributed by atoms with Gasteiger partial charge in [0.1, 0.15) is 23.4 Å². The standard InChI is InChI=1S/C21H32N4O7/c1-11(2)7-14(17(26)21(5)10-31-21)23-18(27)13(4)22-20(29)16(9-30-6)24-19(28)15-8-12(3)32-25-15/h8,11,13-14,16H,7,9-10H2,1-6H3,(H,22,29)(H,23,27)(H,24,28). The molecule has 0 radical (unpaired) electrons. The summed E-state index contributed by atoms with van der Waals surface area (Å²) in [6.07, 6.45) is 0.448. The van der Waals surface area contributed by atoms with E-state index < -0.39 is 41.4 Å². The predicted octanol–water partition coefficient (Wildman–Crippen LogP) is 0.121. The van der Waals surface area contributed by atoms with Crippen molar-refractivity contribution in [3.05, 3.63) is 17.5 Å². The van der Waals surface area contributed by atoms with Gasteiger partial charge in [0, 0.05) is 13.2 Å². The number of amides is 3. The second-order valence-electron chi connectivity index (χ2n) is 8.61. The summed E-state index contributed by atoms with van der Waals surface area (Å²) in [5.41, 5.74) is -0.847. The summed E-state index contributed by atoms with van der Waals surface area (Å²) >= 11 is 0. The largest absolute Gasteiger partial charge is 0.382 e. The van der Waals surface area contributed by atoms with Crippen LogP contribution in [-0.4, -0.2) is 72.7 Å². The van der Waals surface area contributed by atoms with Crippen molar-refractivity contribution in [1.29, 1.82) is 0 Å². The van der Waals surface area contributed by atoms with Crippen LogP contribution in [0.2, 0.25) is 0 Å². The molecule has 1 aliphatic heterocycles. The summed E-state index contributed by atoms with van der Waals surface area (Å²) < 4.78 is 15.1. The molecule has 0 spiro atoms. The normalized spacial score (nSPS) is 20.2. The van der Waals surface area contributed by atoms with Gasteiger partial charge in [0.05, 0.1) is 19.3 Å². The number of carbonyl (C=O) groups is 4. The van der Waals surface area contributed by atoms with Crippen LogP contribution in [0.5, 0.6) is 0 Å². The molecule has 4 atom stereocenters. The molecule has 178 valence electrons. The molecule has 1 aliphatic rings. The lowest BCUT2D eigenvalue weighted by atomic mass is 9.93. The van der Waals surface area contributed by atoms with Crippen LogP contribution in [0.3, 0.4) is 0 Å². The van der Waals surface area contributed by atoms with E-state index in [2.05, 4.69) is 21.1 Å². The van der Waals surface area contributed by atoms with Gasteiger partial charge in [-0.05, 0) is 33.1 Å². The summed E-state index contributed by atoms with van der Waals surface area (Å²) in [6.45, 7) is 8.92. The Morgan fingerprint density at radius 1 is 1.12 bits per heavy atom. The highest BCUT2D eigenvalue weighted by molar-refractivity contribution is 5.99. The number of Topliss-reactive ketones (excluding diaryl/α,β-unsaturated/α-hetero) is 1. The monoisotopic (exact) mass is 452 g/mol. The maximum atomic E-state index is 12.7. The number of nitrogens with zero attached hydrogens (tertiary/aromatic N) is 1. The van der Waals surface area contributed by atoms with E-state index in [1.807, 2.05) is 13.8 Å². The number of epoxide rings is 1. The summed E-state index contributed by atoms with van der Waals surface area (Å²) in [5, 5.41) is 11.4. The minimum Gasteiger partial charge on any atom is -0.382 e. The Morgan fingerprint density at radius 3 is 2.28 bits per heavy atom. The fourth-order valence-electron chi connectivity index (χ4n) is 3.05. The molecule has 3 amide bonds. The Morgan fingerprint density at radius 2 is 1.78 bits per heavy atom. The van der Waals surface area contributed by atoms with Crippen molar-refractivity contribution in [3.8, 4) is 0 Å². The summed E-state index contributed by atoms with van der Waals surface area (Å²) in [5.74, 6) is -1.33. The van der Waals surface area contributed by atoms with Gasteiger partial charge in [0.2, 0.25) is 11.8 Å². The van der Waals surface area contributed by atoms with E-state index in [1.165, 1.54) is 20.1 Å². The Bertz CT molecular complexity index is 847. The van der Waals surface area contributed by atoms with Crippen molar-refractivity contribution in [3.63, 3.8) is 0 Å². The van der Waals surface area contributed by atoms with Crippen molar-refractivity contribution in [2.24, 2.45) is 5.92 Å². The second kappa shape index (κ2) is 10.7. The Balaban J connectivity index is 1.98. The molecule has 0 saturated carbocycles. The molecule has 2 rings (SSSR count). The SMILES string of the molecule is COCC(NC(=O)c1cc(C)on1)C(=O)NC(C)C(=O)NC(CC(C)C)C(=O)C1(C)CO1. The van der Waals surface area contributed by atoms with Crippen LogP contribution in [0.25, 0.3) is 0 Å². The minimum absolute atomic E-state index is 0.0213. The predicted molar refractivity (Wildman–Crippen MR) is 113 cm³/mol. The smallest absolute Gasteiger partial charge is 0.274 e. The molecule has 2 heterocycles. The van der Waals surface area contributed by atoms with Gasteiger partial charge in [-0.15, -0.1) is 0 Å². The average Bonchev–Trinajstić information content (AvgIpc) is 3.32. The third-order valence-electron chi connectivity index (χ3n) is 5.01. The van der Waals surface area contributed by atoms with Gasteiger partial charge in [-0.3, -0.25) is 19.2 Å². The maximum Gasteiger partial charge on any atom is 0.274 e. The van der Waals surface area contributed by atoms with Crippen LogP contribution in [0.15, 0.2) is 10.6 Å². The van der Waals surface area contributed by atoms with E-state index in [4.69, 9.17) is 14.0 Å². The molecular weight excluding hydrogens is 420 g/mol. The zero-order valence-electron chi connectivity index (χ0n) is 19.3. The van der Waals surface area contributed by atoms with Crippen molar-refractivity contribution in [1.82, 2.24) is 21.1 Å². The number of aromatic nitrogens is 1. The number of rotatable bonds is 12. The zero-order valence-corrected chi connectivity index (χ0v) is 19.3. The lowest BCUT2D eigenvalue weighted by Crippen LogP contribution is -2.56. The van der Waals surface area contributed by atoms with Gasteiger partial charge < -0.3 is 29.9 Å². The Hall–Kier alpha value is -2.79. The van der Waals surface area contributed by atoms with Gasteiger partial charge in [-0.25, -0.2) is 0 Å². The molecule has 32 heavy (non-hydrogen) atoms. The number of hydrogen-bond donors (Lipinski definition) is 3. The number of aryl methyl sites for hydroxylation is 1. The lowest BCUT2D eigenvalue weighted by Gasteiger charge is -2.24. The zero-order chi connectivity index (χ0) is 24.1. The minimum atomic E-state index is -1.06. The van der Waals surface area contributed by atoms with Crippen molar-refractivity contribution < 1.29 is 33.2 Å². The first-order chi connectivity index (χ1) is 15.0. The number of hydrogen-bond acceptors (Lipinski definition) is 8. The fourth-order valence-corrected chi connectivity index (χ4v) is 3.05. The fraction of sp³-hybridized carbons (Fsp3) is 0.667. The summed E-state index contributed by atoms with van der Waals surface area (Å²) in [7, 11) is 1.38. The van der Waals surface area contributed by atoms with E-state index >= 15 is 0 Å². The van der Waals surface area contributed by atoms with Gasteiger partial charge in [-0.1, -0.05) is 19.0 Å². The number of methoxy groups -OCH3 is 1. The van der Waals surface area contributed by atoms with Crippen LogP contribution >= 0.6 is 0 Å². The van der Waals surface area contributed by atoms with Crippen LogP contribution in [0.4, 0.5) is 0 Å². The van der Waals surface area contributed by atoms with Crippen LogP contribution in [0.1, 0.15) is 50.4 Å². The third kappa shape index (κ3) is 6.86. The highest BCUT2D eigenvalue weighted by Crippen LogP contribution is 2.29. The van der Waals surface area contributed by atoms with Crippen LogP contribution in [-0.2, 0) is 23.9 Å². The van der Waals surface area contributed by atoms with Crippen LogP contribution in [0, 0.1) is 12.8 Å². The topological polar surface area (TPSA) is 152 Å². The van der Waals surface area contributed by atoms with E-state index in [0.717, 1.165) is 0 Å².